The van der Waals surface area contributed by atoms with Crippen molar-refractivity contribution in [1.82, 2.24) is 5.32 Å². The van der Waals surface area contributed by atoms with E-state index in [4.69, 9.17) is 4.74 Å². The summed E-state index contributed by atoms with van der Waals surface area (Å²) in [5.41, 5.74) is -0.275. The topological polar surface area (TPSA) is 75.6 Å². The molecule has 0 radical (unpaired) electrons. The first-order chi connectivity index (χ1) is 9.52. The van der Waals surface area contributed by atoms with Crippen molar-refractivity contribution in [2.45, 2.75) is 30.7 Å². The standard InChI is InChI=1S/C14H14BrNO4/c15-8-2-3-11-9(6-8)10(7-20-11)12(17)16-14(13(18)19)4-1-5-14/h2-3,6,10H,1,4-5,7H2,(H,16,17)(H,18,19). The van der Waals surface area contributed by atoms with Crippen LogP contribution in [0.25, 0.3) is 0 Å². The van der Waals surface area contributed by atoms with Crippen molar-refractivity contribution in [3.63, 3.8) is 0 Å². The summed E-state index contributed by atoms with van der Waals surface area (Å²) in [5.74, 6) is -0.986. The van der Waals surface area contributed by atoms with E-state index in [0.717, 1.165) is 16.5 Å². The first-order valence-corrected chi connectivity index (χ1v) is 7.29. The van der Waals surface area contributed by atoms with Crippen molar-refractivity contribution < 1.29 is 19.4 Å². The Morgan fingerprint density at radius 1 is 1.40 bits per heavy atom. The molecule has 20 heavy (non-hydrogen) atoms. The number of fused-ring (bicyclic) bond motifs is 1. The quantitative estimate of drug-likeness (QED) is 0.883. The van der Waals surface area contributed by atoms with Crippen LogP contribution >= 0.6 is 15.9 Å². The zero-order valence-electron chi connectivity index (χ0n) is 10.7. The summed E-state index contributed by atoms with van der Waals surface area (Å²) >= 11 is 3.37. The van der Waals surface area contributed by atoms with Gasteiger partial charge in [-0.3, -0.25) is 4.79 Å². The van der Waals surface area contributed by atoms with Crippen LogP contribution in [0.4, 0.5) is 0 Å². The molecule has 1 aromatic rings. The Morgan fingerprint density at radius 2 is 2.15 bits per heavy atom. The van der Waals surface area contributed by atoms with Crippen molar-refractivity contribution in [3.8, 4) is 5.75 Å². The number of carboxylic acids is 1. The number of benzene rings is 1. The molecule has 1 heterocycles. The molecule has 1 aliphatic carbocycles. The average Bonchev–Trinajstić information content (AvgIpc) is 2.76. The highest BCUT2D eigenvalue weighted by Crippen LogP contribution is 2.38. The van der Waals surface area contributed by atoms with Crippen molar-refractivity contribution in [2.75, 3.05) is 6.61 Å². The van der Waals surface area contributed by atoms with Gasteiger partial charge in [0.15, 0.2) is 0 Å². The number of hydrogen-bond donors (Lipinski definition) is 2. The van der Waals surface area contributed by atoms with Crippen LogP contribution in [0.15, 0.2) is 22.7 Å². The maximum atomic E-state index is 12.4. The van der Waals surface area contributed by atoms with Crippen molar-refractivity contribution in [3.05, 3.63) is 28.2 Å². The van der Waals surface area contributed by atoms with Gasteiger partial charge < -0.3 is 15.2 Å². The summed E-state index contributed by atoms with van der Waals surface area (Å²) in [6, 6.07) is 5.51. The van der Waals surface area contributed by atoms with Gasteiger partial charge in [-0.25, -0.2) is 4.79 Å². The number of carbonyl (C=O) groups is 2. The third-order valence-corrected chi connectivity index (χ3v) is 4.54. The highest BCUT2D eigenvalue weighted by molar-refractivity contribution is 9.10. The predicted molar refractivity (Wildman–Crippen MR) is 74.7 cm³/mol. The number of halogens is 1. The lowest BCUT2D eigenvalue weighted by Crippen LogP contribution is -2.60. The Labute approximate surface area is 124 Å². The van der Waals surface area contributed by atoms with Crippen LogP contribution in [0.2, 0.25) is 0 Å². The predicted octanol–water partition coefficient (Wildman–Crippen LogP) is 2.05. The molecule has 1 amide bonds. The van der Waals surface area contributed by atoms with E-state index < -0.39 is 17.4 Å². The van der Waals surface area contributed by atoms with Gasteiger partial charge in [0.1, 0.15) is 23.8 Å². The Bertz CT molecular complexity index is 583. The van der Waals surface area contributed by atoms with Crippen LogP contribution in [0.1, 0.15) is 30.7 Å². The van der Waals surface area contributed by atoms with Crippen LogP contribution in [0.5, 0.6) is 5.75 Å². The summed E-state index contributed by atoms with van der Waals surface area (Å²) in [6.45, 7) is 0.257. The zero-order valence-corrected chi connectivity index (χ0v) is 12.3. The van der Waals surface area contributed by atoms with E-state index in [0.29, 0.717) is 18.6 Å². The second-order valence-corrected chi connectivity index (χ2v) is 6.19. The van der Waals surface area contributed by atoms with Gasteiger partial charge in [0.05, 0.1) is 0 Å². The minimum Gasteiger partial charge on any atom is -0.492 e. The number of nitrogens with one attached hydrogen (secondary N) is 1. The van der Waals surface area contributed by atoms with Crippen LogP contribution in [0.3, 0.4) is 0 Å². The van der Waals surface area contributed by atoms with Crippen molar-refractivity contribution >= 4 is 27.8 Å². The fourth-order valence-electron chi connectivity index (χ4n) is 2.65. The van der Waals surface area contributed by atoms with Crippen LogP contribution in [-0.4, -0.2) is 29.1 Å². The molecule has 0 aromatic heterocycles. The van der Waals surface area contributed by atoms with Gasteiger partial charge in [0.2, 0.25) is 5.91 Å². The highest BCUT2D eigenvalue weighted by Gasteiger charge is 2.47. The van der Waals surface area contributed by atoms with Gasteiger partial charge in [-0.1, -0.05) is 15.9 Å². The Kier molecular flexibility index (Phi) is 3.20. The Balaban J connectivity index is 1.80. The molecule has 1 aromatic carbocycles. The third kappa shape index (κ3) is 2.08. The molecule has 3 rings (SSSR count). The molecule has 1 fully saturated rings. The normalized spacial score (nSPS) is 22.4. The molecule has 1 aliphatic heterocycles. The van der Waals surface area contributed by atoms with E-state index in [1.165, 1.54) is 0 Å². The molecule has 0 saturated heterocycles. The van der Waals surface area contributed by atoms with Crippen LogP contribution in [-0.2, 0) is 9.59 Å². The van der Waals surface area contributed by atoms with E-state index in [9.17, 15) is 14.7 Å². The molecule has 5 nitrogen and oxygen atoms in total. The molecule has 106 valence electrons. The maximum Gasteiger partial charge on any atom is 0.329 e. The van der Waals surface area contributed by atoms with Crippen molar-refractivity contribution in [2.24, 2.45) is 0 Å². The lowest BCUT2D eigenvalue weighted by molar-refractivity contribution is -0.152. The van der Waals surface area contributed by atoms with Gasteiger partial charge in [-0.15, -0.1) is 0 Å². The maximum absolute atomic E-state index is 12.4. The monoisotopic (exact) mass is 339 g/mol. The number of hydrogen-bond acceptors (Lipinski definition) is 3. The van der Waals surface area contributed by atoms with Gasteiger partial charge in [0, 0.05) is 10.0 Å². The van der Waals surface area contributed by atoms with Gasteiger partial charge in [0.25, 0.3) is 0 Å². The summed E-state index contributed by atoms with van der Waals surface area (Å²) in [7, 11) is 0. The summed E-state index contributed by atoms with van der Waals surface area (Å²) < 4.78 is 6.36. The number of ether oxygens (including phenoxy) is 1. The Hall–Kier alpha value is -1.56. The SMILES string of the molecule is O=C(NC1(C(=O)O)CCC1)C1COc2ccc(Br)cc21. The number of carbonyl (C=O) groups excluding carboxylic acids is 1. The van der Waals surface area contributed by atoms with E-state index >= 15 is 0 Å². The average molecular weight is 340 g/mol. The number of rotatable bonds is 3. The molecular weight excluding hydrogens is 326 g/mol. The van der Waals surface area contributed by atoms with E-state index in [-0.39, 0.29) is 12.5 Å². The molecule has 1 atom stereocenters. The second-order valence-electron chi connectivity index (χ2n) is 5.28. The van der Waals surface area contributed by atoms with E-state index in [1.54, 1.807) is 0 Å². The number of carboxylic acid groups (broad SMARTS) is 1. The highest BCUT2D eigenvalue weighted by atomic mass is 79.9. The van der Waals surface area contributed by atoms with Crippen molar-refractivity contribution in [1.29, 1.82) is 0 Å². The summed E-state index contributed by atoms with van der Waals surface area (Å²) in [4.78, 5) is 23.7. The summed E-state index contributed by atoms with van der Waals surface area (Å²) in [5, 5.41) is 12.0. The van der Waals surface area contributed by atoms with Gasteiger partial charge in [-0.2, -0.15) is 0 Å². The molecular formula is C14H14BrNO4. The molecule has 1 saturated carbocycles. The third-order valence-electron chi connectivity index (χ3n) is 4.05. The molecule has 2 aliphatic rings. The summed E-state index contributed by atoms with van der Waals surface area (Å²) in [6.07, 6.45) is 1.82. The molecule has 0 spiro atoms. The number of amides is 1. The fourth-order valence-corrected chi connectivity index (χ4v) is 3.03. The van der Waals surface area contributed by atoms with Gasteiger partial charge in [-0.05, 0) is 37.5 Å². The molecule has 1 unspecified atom stereocenters. The fraction of sp³-hybridized carbons (Fsp3) is 0.429. The lowest BCUT2D eigenvalue weighted by atomic mass is 9.76. The molecule has 2 N–H and O–H groups in total. The number of aliphatic carboxylic acids is 1. The largest absolute Gasteiger partial charge is 0.492 e. The second kappa shape index (κ2) is 4.77. The minimum atomic E-state index is -1.08. The lowest BCUT2D eigenvalue weighted by Gasteiger charge is -2.38. The zero-order chi connectivity index (χ0) is 14.3. The van der Waals surface area contributed by atoms with Crippen LogP contribution in [0, 0.1) is 0 Å². The first-order valence-electron chi connectivity index (χ1n) is 6.49. The first kappa shape index (κ1) is 13.4. The smallest absolute Gasteiger partial charge is 0.329 e. The van der Waals surface area contributed by atoms with Gasteiger partial charge >= 0.3 is 5.97 Å². The molecule has 6 heteroatoms. The van der Waals surface area contributed by atoms with E-state index in [1.807, 2.05) is 18.2 Å². The minimum absolute atomic E-state index is 0.257. The molecule has 0 bridgehead atoms. The Morgan fingerprint density at radius 3 is 2.75 bits per heavy atom. The van der Waals surface area contributed by atoms with Crippen LogP contribution < -0.4 is 10.1 Å². The van der Waals surface area contributed by atoms with E-state index in [2.05, 4.69) is 21.2 Å².